The zero-order chi connectivity index (χ0) is 9.68. The maximum absolute atomic E-state index is 10.4. The van der Waals surface area contributed by atoms with Gasteiger partial charge in [-0.15, -0.1) is 0 Å². The fraction of sp³-hybridized carbons (Fsp3) is 0.125. The molecule has 0 aliphatic rings. The van der Waals surface area contributed by atoms with Gasteiger partial charge in [-0.3, -0.25) is 4.89 Å². The Kier molecular flexibility index (Phi) is 3.10. The van der Waals surface area contributed by atoms with Crippen LogP contribution in [0.4, 0.5) is 4.79 Å². The monoisotopic (exact) mass is 184 g/mol. The van der Waals surface area contributed by atoms with Gasteiger partial charge in [-0.1, -0.05) is 0 Å². The Morgan fingerprint density at radius 1 is 1.23 bits per heavy atom. The number of benzene rings is 1. The lowest BCUT2D eigenvalue weighted by Gasteiger charge is -2.02. The second-order valence-corrected chi connectivity index (χ2v) is 2.12. The molecule has 1 aromatic rings. The predicted octanol–water partition coefficient (Wildman–Crippen LogP) is 1.68. The van der Waals surface area contributed by atoms with Crippen LogP contribution >= 0.6 is 0 Å². The zero-order valence-corrected chi connectivity index (χ0v) is 6.89. The van der Waals surface area contributed by atoms with E-state index < -0.39 is 6.16 Å². The van der Waals surface area contributed by atoms with E-state index in [0.29, 0.717) is 5.75 Å². The summed E-state index contributed by atoms with van der Waals surface area (Å²) in [4.78, 5) is 13.7. The minimum Gasteiger partial charge on any atom is -0.497 e. The third kappa shape index (κ3) is 2.64. The number of rotatable bonds is 2. The van der Waals surface area contributed by atoms with Crippen molar-refractivity contribution in [2.24, 2.45) is 0 Å². The summed E-state index contributed by atoms with van der Waals surface area (Å²) in [6.45, 7) is 0. The van der Waals surface area contributed by atoms with Gasteiger partial charge in [-0.05, 0) is 24.3 Å². The van der Waals surface area contributed by atoms with E-state index in [1.165, 1.54) is 19.2 Å². The van der Waals surface area contributed by atoms with Gasteiger partial charge in [0, 0.05) is 0 Å². The SMILES string of the molecule is COc1ccc(OC(=O)OO)cc1. The molecule has 1 N–H and O–H groups in total. The van der Waals surface area contributed by atoms with E-state index in [-0.39, 0.29) is 5.75 Å². The highest BCUT2D eigenvalue weighted by molar-refractivity contribution is 5.62. The van der Waals surface area contributed by atoms with E-state index in [2.05, 4.69) is 9.62 Å². The molecule has 0 aromatic heterocycles. The highest BCUT2D eigenvalue weighted by atomic mass is 17.1. The minimum absolute atomic E-state index is 0.264. The van der Waals surface area contributed by atoms with E-state index in [1.807, 2.05) is 0 Å². The van der Waals surface area contributed by atoms with Crippen LogP contribution in [0.5, 0.6) is 11.5 Å². The molecular formula is C8H8O5. The Morgan fingerprint density at radius 3 is 2.23 bits per heavy atom. The number of carbonyl (C=O) groups is 1. The second kappa shape index (κ2) is 4.32. The molecule has 0 radical (unpaired) electrons. The van der Waals surface area contributed by atoms with Gasteiger partial charge in [0.25, 0.3) is 0 Å². The molecule has 70 valence electrons. The third-order valence-electron chi connectivity index (χ3n) is 1.34. The zero-order valence-electron chi connectivity index (χ0n) is 6.89. The summed E-state index contributed by atoms with van der Waals surface area (Å²) in [6.07, 6.45) is -1.18. The van der Waals surface area contributed by atoms with Gasteiger partial charge in [0.05, 0.1) is 7.11 Å². The van der Waals surface area contributed by atoms with Gasteiger partial charge >= 0.3 is 6.16 Å². The molecule has 0 amide bonds. The quantitative estimate of drug-likeness (QED) is 0.328. The van der Waals surface area contributed by atoms with E-state index in [9.17, 15) is 4.79 Å². The van der Waals surface area contributed by atoms with Gasteiger partial charge in [0.1, 0.15) is 11.5 Å². The van der Waals surface area contributed by atoms with Crippen LogP contribution in [0.1, 0.15) is 0 Å². The van der Waals surface area contributed by atoms with Crippen molar-refractivity contribution in [2.75, 3.05) is 7.11 Å². The van der Waals surface area contributed by atoms with Crippen LogP contribution in [-0.2, 0) is 4.89 Å². The van der Waals surface area contributed by atoms with Crippen molar-refractivity contribution in [3.05, 3.63) is 24.3 Å². The van der Waals surface area contributed by atoms with Crippen LogP contribution in [0, 0.1) is 0 Å². The van der Waals surface area contributed by atoms with Crippen LogP contribution < -0.4 is 9.47 Å². The highest BCUT2D eigenvalue weighted by Gasteiger charge is 2.04. The maximum Gasteiger partial charge on any atom is 0.545 e. The molecule has 0 saturated heterocycles. The number of hydrogen-bond acceptors (Lipinski definition) is 5. The van der Waals surface area contributed by atoms with Crippen molar-refractivity contribution in [3.8, 4) is 11.5 Å². The molecule has 0 unspecified atom stereocenters. The summed E-state index contributed by atoms with van der Waals surface area (Å²) in [7, 11) is 1.53. The summed E-state index contributed by atoms with van der Waals surface area (Å²) < 4.78 is 9.38. The number of methoxy groups -OCH3 is 1. The molecule has 0 bridgehead atoms. The molecule has 1 aromatic carbocycles. The molecular weight excluding hydrogens is 176 g/mol. The number of carbonyl (C=O) groups excluding carboxylic acids is 1. The van der Waals surface area contributed by atoms with Gasteiger partial charge in [0.15, 0.2) is 0 Å². The highest BCUT2D eigenvalue weighted by Crippen LogP contribution is 2.17. The molecule has 0 aliphatic carbocycles. The first kappa shape index (κ1) is 9.34. The molecule has 0 aliphatic heterocycles. The first-order chi connectivity index (χ1) is 6.26. The molecule has 0 spiro atoms. The normalized spacial score (nSPS) is 9.08. The molecule has 0 fully saturated rings. The smallest absolute Gasteiger partial charge is 0.497 e. The Hall–Kier alpha value is -1.75. The van der Waals surface area contributed by atoms with E-state index in [4.69, 9.17) is 9.99 Å². The first-order valence-corrected chi connectivity index (χ1v) is 3.43. The lowest BCUT2D eigenvalue weighted by molar-refractivity contribution is -0.191. The summed E-state index contributed by atoms with van der Waals surface area (Å²) in [6, 6.07) is 6.24. The third-order valence-corrected chi connectivity index (χ3v) is 1.34. The van der Waals surface area contributed by atoms with Crippen LogP contribution in [-0.4, -0.2) is 18.5 Å². The Bertz CT molecular complexity index is 279. The van der Waals surface area contributed by atoms with Gasteiger partial charge in [-0.2, -0.15) is 5.26 Å². The van der Waals surface area contributed by atoms with Crippen molar-refractivity contribution in [1.29, 1.82) is 0 Å². The molecule has 1 rings (SSSR count). The molecule has 5 heteroatoms. The van der Waals surface area contributed by atoms with Crippen LogP contribution in [0.2, 0.25) is 0 Å². The Morgan fingerprint density at radius 2 is 1.77 bits per heavy atom. The first-order valence-electron chi connectivity index (χ1n) is 3.43. The molecule has 0 atom stereocenters. The topological polar surface area (TPSA) is 65.0 Å². The van der Waals surface area contributed by atoms with Crippen LogP contribution in [0.15, 0.2) is 24.3 Å². The lowest BCUT2D eigenvalue weighted by atomic mass is 10.3. The summed E-state index contributed by atoms with van der Waals surface area (Å²) in [5, 5.41) is 7.90. The lowest BCUT2D eigenvalue weighted by Crippen LogP contribution is -2.07. The molecule has 0 heterocycles. The average Bonchev–Trinajstić information content (AvgIpc) is 2.19. The summed E-state index contributed by atoms with van der Waals surface area (Å²) in [5.41, 5.74) is 0. The summed E-state index contributed by atoms with van der Waals surface area (Å²) in [5.74, 6) is 0.907. The van der Waals surface area contributed by atoms with Crippen molar-refractivity contribution in [3.63, 3.8) is 0 Å². The Balaban J connectivity index is 2.64. The largest absolute Gasteiger partial charge is 0.545 e. The summed E-state index contributed by atoms with van der Waals surface area (Å²) >= 11 is 0. The molecule has 0 saturated carbocycles. The van der Waals surface area contributed by atoms with Crippen LogP contribution in [0.3, 0.4) is 0 Å². The van der Waals surface area contributed by atoms with E-state index in [0.717, 1.165) is 0 Å². The van der Waals surface area contributed by atoms with E-state index >= 15 is 0 Å². The maximum atomic E-state index is 10.4. The van der Waals surface area contributed by atoms with Gasteiger partial charge in [0.2, 0.25) is 0 Å². The average molecular weight is 184 g/mol. The fourth-order valence-corrected chi connectivity index (χ4v) is 0.759. The molecule has 13 heavy (non-hydrogen) atoms. The van der Waals surface area contributed by atoms with Crippen molar-refractivity contribution in [1.82, 2.24) is 0 Å². The van der Waals surface area contributed by atoms with Crippen molar-refractivity contribution in [2.45, 2.75) is 0 Å². The van der Waals surface area contributed by atoms with E-state index in [1.54, 1.807) is 12.1 Å². The number of ether oxygens (including phenoxy) is 2. The van der Waals surface area contributed by atoms with Crippen molar-refractivity contribution < 1.29 is 24.4 Å². The fourth-order valence-electron chi connectivity index (χ4n) is 0.759. The Labute approximate surface area is 74.4 Å². The predicted molar refractivity (Wildman–Crippen MR) is 42.7 cm³/mol. The molecule has 5 nitrogen and oxygen atoms in total. The standard InChI is InChI=1S/C8H8O5/c1-11-6-2-4-7(5-3-6)12-8(9)13-10/h2-5,10H,1H3. The van der Waals surface area contributed by atoms with Gasteiger partial charge in [-0.25, -0.2) is 4.79 Å². The van der Waals surface area contributed by atoms with Gasteiger partial charge < -0.3 is 9.47 Å². The van der Waals surface area contributed by atoms with Crippen LogP contribution in [0.25, 0.3) is 0 Å². The minimum atomic E-state index is -1.18. The second-order valence-electron chi connectivity index (χ2n) is 2.12. The van der Waals surface area contributed by atoms with Crippen molar-refractivity contribution >= 4 is 6.16 Å². The number of hydrogen-bond donors (Lipinski definition) is 1.